The van der Waals surface area contributed by atoms with E-state index in [2.05, 4.69) is 43.8 Å². The van der Waals surface area contributed by atoms with Gasteiger partial charge < -0.3 is 14.8 Å². The van der Waals surface area contributed by atoms with Crippen LogP contribution in [-0.2, 0) is 0 Å². The first kappa shape index (κ1) is 15.8. The summed E-state index contributed by atoms with van der Waals surface area (Å²) in [5.41, 5.74) is 2.13. The average molecular weight is 349 g/mol. The zero-order valence-corrected chi connectivity index (χ0v) is 14.7. The Balaban J connectivity index is 1.81. The molecular formula is C19H19N5S. The van der Waals surface area contributed by atoms with Gasteiger partial charge in [-0.2, -0.15) is 0 Å². The van der Waals surface area contributed by atoms with Crippen LogP contribution in [-0.4, -0.2) is 31.1 Å². The maximum atomic E-state index is 5.59. The Labute approximate surface area is 152 Å². The van der Waals surface area contributed by atoms with E-state index in [-0.39, 0.29) is 12.1 Å². The van der Waals surface area contributed by atoms with E-state index in [0.717, 1.165) is 28.9 Å². The molecule has 4 heterocycles. The molecule has 25 heavy (non-hydrogen) atoms. The van der Waals surface area contributed by atoms with Crippen molar-refractivity contribution in [3.63, 3.8) is 0 Å². The van der Waals surface area contributed by atoms with Crippen LogP contribution in [0, 0.1) is 0 Å². The van der Waals surface area contributed by atoms with Crippen molar-refractivity contribution in [2.75, 3.05) is 6.54 Å². The molecule has 0 bridgehead atoms. The zero-order chi connectivity index (χ0) is 17.2. The Hall–Kier alpha value is -2.73. The lowest BCUT2D eigenvalue weighted by molar-refractivity contribution is 0.321. The van der Waals surface area contributed by atoms with Crippen LogP contribution in [0.1, 0.15) is 30.4 Å². The molecule has 1 fully saturated rings. The van der Waals surface area contributed by atoms with Gasteiger partial charge >= 0.3 is 0 Å². The fraction of sp³-hybridized carbons (Fsp3) is 0.211. The monoisotopic (exact) mass is 349 g/mol. The Bertz CT molecular complexity index is 862. The van der Waals surface area contributed by atoms with Crippen LogP contribution in [0.25, 0.3) is 5.82 Å². The molecule has 6 heteroatoms. The molecule has 0 saturated carbocycles. The first-order valence-electron chi connectivity index (χ1n) is 8.36. The molecule has 0 unspecified atom stereocenters. The summed E-state index contributed by atoms with van der Waals surface area (Å²) in [4.78, 5) is 11.3. The quantitative estimate of drug-likeness (QED) is 0.733. The summed E-state index contributed by atoms with van der Waals surface area (Å²) in [7, 11) is 0. The Kier molecular flexibility index (Phi) is 4.19. The summed E-state index contributed by atoms with van der Waals surface area (Å²) in [6.07, 6.45) is 5.68. The van der Waals surface area contributed by atoms with E-state index in [1.807, 2.05) is 55.0 Å². The predicted molar refractivity (Wildman–Crippen MR) is 101 cm³/mol. The number of thiocarbonyl (C=S) groups is 1. The first-order chi connectivity index (χ1) is 12.3. The van der Waals surface area contributed by atoms with Crippen molar-refractivity contribution in [2.24, 2.45) is 0 Å². The third-order valence-corrected chi connectivity index (χ3v) is 4.87. The number of pyridine rings is 2. The van der Waals surface area contributed by atoms with Gasteiger partial charge in [-0.25, -0.2) is 4.98 Å². The maximum Gasteiger partial charge on any atom is 0.170 e. The number of rotatable bonds is 4. The summed E-state index contributed by atoms with van der Waals surface area (Å²) in [6.45, 7) is 2.95. The van der Waals surface area contributed by atoms with Crippen LogP contribution in [0.2, 0.25) is 0 Å². The molecule has 0 amide bonds. The number of hydrogen-bond acceptors (Lipinski definition) is 3. The molecule has 126 valence electrons. The molecule has 1 aliphatic heterocycles. The minimum Gasteiger partial charge on any atom is -0.352 e. The molecule has 0 aromatic carbocycles. The lowest BCUT2D eigenvalue weighted by Gasteiger charge is -2.27. The van der Waals surface area contributed by atoms with Crippen molar-refractivity contribution in [1.29, 1.82) is 0 Å². The largest absolute Gasteiger partial charge is 0.352 e. The van der Waals surface area contributed by atoms with E-state index in [1.165, 1.54) is 0 Å². The third kappa shape index (κ3) is 2.78. The number of aromatic nitrogens is 3. The topological polar surface area (TPSA) is 46.0 Å². The zero-order valence-electron chi connectivity index (χ0n) is 13.9. The Morgan fingerprint density at radius 3 is 2.52 bits per heavy atom. The number of likely N-dealkylation sites (N-methyl/N-ethyl adjacent to an activating group) is 1. The summed E-state index contributed by atoms with van der Waals surface area (Å²) in [5.74, 6) is 0.899. The van der Waals surface area contributed by atoms with Crippen molar-refractivity contribution in [3.05, 3.63) is 78.5 Å². The highest BCUT2D eigenvalue weighted by Crippen LogP contribution is 2.38. The van der Waals surface area contributed by atoms with E-state index in [0.29, 0.717) is 0 Å². The van der Waals surface area contributed by atoms with Crippen LogP contribution in [0.15, 0.2) is 67.1 Å². The van der Waals surface area contributed by atoms with E-state index >= 15 is 0 Å². The van der Waals surface area contributed by atoms with E-state index in [9.17, 15) is 0 Å². The SMILES string of the molecule is CCN1C(=S)N[C@@H](c2ccccn2)[C@H]1c1cccn1-c1ccccn1. The fourth-order valence-electron chi connectivity index (χ4n) is 3.41. The molecule has 3 aromatic heterocycles. The molecule has 1 aliphatic rings. The molecular weight excluding hydrogens is 330 g/mol. The van der Waals surface area contributed by atoms with Crippen molar-refractivity contribution in [3.8, 4) is 5.82 Å². The van der Waals surface area contributed by atoms with Crippen LogP contribution < -0.4 is 5.32 Å². The van der Waals surface area contributed by atoms with E-state index in [1.54, 1.807) is 0 Å². The molecule has 0 aliphatic carbocycles. The molecule has 0 spiro atoms. The second-order valence-corrected chi connectivity index (χ2v) is 6.29. The van der Waals surface area contributed by atoms with Gasteiger partial charge in [0.05, 0.1) is 17.8 Å². The minimum absolute atomic E-state index is 0.00557. The van der Waals surface area contributed by atoms with Gasteiger partial charge in [-0.15, -0.1) is 0 Å². The second-order valence-electron chi connectivity index (χ2n) is 5.90. The van der Waals surface area contributed by atoms with Crippen LogP contribution in [0.5, 0.6) is 0 Å². The third-order valence-electron chi connectivity index (χ3n) is 4.52. The first-order valence-corrected chi connectivity index (χ1v) is 8.77. The lowest BCUT2D eigenvalue weighted by atomic mass is 10.0. The van der Waals surface area contributed by atoms with Crippen molar-refractivity contribution in [1.82, 2.24) is 24.8 Å². The van der Waals surface area contributed by atoms with Gasteiger partial charge in [0.1, 0.15) is 5.82 Å². The van der Waals surface area contributed by atoms with Crippen molar-refractivity contribution >= 4 is 17.3 Å². The summed E-state index contributed by atoms with van der Waals surface area (Å²) < 4.78 is 2.12. The molecule has 4 rings (SSSR count). The van der Waals surface area contributed by atoms with Gasteiger partial charge in [-0.1, -0.05) is 12.1 Å². The minimum atomic E-state index is 0.00557. The Morgan fingerprint density at radius 2 is 1.84 bits per heavy atom. The highest BCUT2D eigenvalue weighted by atomic mass is 32.1. The van der Waals surface area contributed by atoms with Gasteiger partial charge in [0.25, 0.3) is 0 Å². The summed E-state index contributed by atoms with van der Waals surface area (Å²) in [6, 6.07) is 16.2. The van der Waals surface area contributed by atoms with Gasteiger partial charge in [-0.05, 0) is 55.5 Å². The Morgan fingerprint density at radius 1 is 1.04 bits per heavy atom. The van der Waals surface area contributed by atoms with Gasteiger partial charge in [0, 0.05) is 30.8 Å². The molecule has 1 N–H and O–H groups in total. The average Bonchev–Trinajstić information content (AvgIpc) is 3.27. The van der Waals surface area contributed by atoms with E-state index < -0.39 is 0 Å². The number of nitrogens with one attached hydrogen (secondary N) is 1. The standard InChI is InChI=1S/C19H19N5S/c1-2-23-18(17(22-19(23)25)14-8-3-5-11-20-14)15-9-7-13-24(15)16-10-4-6-12-21-16/h3-13,17-18H,2H2,1H3,(H,22,25)/t17-,18+/m0/s1. The smallest absolute Gasteiger partial charge is 0.170 e. The van der Waals surface area contributed by atoms with Crippen LogP contribution >= 0.6 is 12.2 Å². The van der Waals surface area contributed by atoms with Crippen LogP contribution in [0.4, 0.5) is 0 Å². The van der Waals surface area contributed by atoms with Gasteiger partial charge in [0.2, 0.25) is 0 Å². The molecule has 0 radical (unpaired) electrons. The summed E-state index contributed by atoms with van der Waals surface area (Å²) >= 11 is 5.59. The highest BCUT2D eigenvalue weighted by Gasteiger charge is 2.40. The highest BCUT2D eigenvalue weighted by molar-refractivity contribution is 7.80. The molecule has 2 atom stereocenters. The number of hydrogen-bond donors (Lipinski definition) is 1. The lowest BCUT2D eigenvalue weighted by Crippen LogP contribution is -2.30. The van der Waals surface area contributed by atoms with E-state index in [4.69, 9.17) is 12.2 Å². The second kappa shape index (κ2) is 6.64. The number of nitrogens with zero attached hydrogens (tertiary/aromatic N) is 4. The maximum absolute atomic E-state index is 5.59. The molecule has 5 nitrogen and oxygen atoms in total. The predicted octanol–water partition coefficient (Wildman–Crippen LogP) is 3.26. The normalized spacial score (nSPS) is 19.9. The van der Waals surface area contributed by atoms with Crippen LogP contribution in [0.3, 0.4) is 0 Å². The van der Waals surface area contributed by atoms with Crippen molar-refractivity contribution < 1.29 is 0 Å². The van der Waals surface area contributed by atoms with Gasteiger partial charge in [0.15, 0.2) is 5.11 Å². The molecule has 3 aromatic rings. The fourth-order valence-corrected chi connectivity index (χ4v) is 3.78. The summed E-state index contributed by atoms with van der Waals surface area (Å²) in [5, 5.41) is 4.21. The molecule has 1 saturated heterocycles. The van der Waals surface area contributed by atoms with Gasteiger partial charge in [-0.3, -0.25) is 4.98 Å². The van der Waals surface area contributed by atoms with Crippen molar-refractivity contribution in [2.45, 2.75) is 19.0 Å².